The molecule has 0 bridgehead atoms. The number of anilines is 1. The maximum Gasteiger partial charge on any atom is 0.272 e. The molecule has 0 atom stereocenters. The second-order valence-electron chi connectivity index (χ2n) is 7.28. The van der Waals surface area contributed by atoms with E-state index in [2.05, 4.69) is 39.2 Å². The Balaban J connectivity index is 1.63. The van der Waals surface area contributed by atoms with Crippen LogP contribution in [0.4, 0.5) is 5.82 Å². The van der Waals surface area contributed by atoms with Crippen LogP contribution in [0, 0.1) is 0 Å². The molecule has 1 aromatic carbocycles. The Morgan fingerprint density at radius 2 is 1.76 bits per heavy atom. The van der Waals surface area contributed by atoms with Gasteiger partial charge in [0.15, 0.2) is 11.5 Å². The highest BCUT2D eigenvalue weighted by Gasteiger charge is 2.27. The van der Waals surface area contributed by atoms with Crippen molar-refractivity contribution in [2.24, 2.45) is 0 Å². The summed E-state index contributed by atoms with van der Waals surface area (Å²) in [7, 11) is 0. The normalized spacial score (nSPS) is 18.8. The number of fused-ring (bicyclic) bond motifs is 1. The standard InChI is InChI=1S/C19H25N5O/c1-13(2)23-9-11-24(12-10-23)18-16-6-4-3-5-15(16)17(21-22-18)19(25)20-14-7-8-14/h3-6,13-14H,7-12H2,1-2H3,(H,20,25). The molecule has 1 saturated heterocycles. The molecule has 1 aliphatic heterocycles. The Morgan fingerprint density at radius 1 is 1.08 bits per heavy atom. The third-order valence-electron chi connectivity index (χ3n) is 5.14. The van der Waals surface area contributed by atoms with Crippen molar-refractivity contribution >= 4 is 22.5 Å². The van der Waals surface area contributed by atoms with Crippen LogP contribution in [0.15, 0.2) is 24.3 Å². The van der Waals surface area contributed by atoms with Crippen molar-refractivity contribution < 1.29 is 4.79 Å². The van der Waals surface area contributed by atoms with Crippen LogP contribution in [-0.2, 0) is 0 Å². The number of benzene rings is 1. The van der Waals surface area contributed by atoms with Gasteiger partial charge in [-0.3, -0.25) is 9.69 Å². The lowest BCUT2D eigenvalue weighted by molar-refractivity contribution is 0.0947. The van der Waals surface area contributed by atoms with Crippen LogP contribution in [-0.4, -0.2) is 59.3 Å². The monoisotopic (exact) mass is 339 g/mol. The minimum atomic E-state index is -0.109. The summed E-state index contributed by atoms with van der Waals surface area (Å²) in [5, 5.41) is 13.7. The lowest BCUT2D eigenvalue weighted by atomic mass is 10.1. The predicted octanol–water partition coefficient (Wildman–Crippen LogP) is 2.05. The number of rotatable bonds is 4. The number of aromatic nitrogens is 2. The summed E-state index contributed by atoms with van der Waals surface area (Å²) in [5.41, 5.74) is 0.437. The minimum Gasteiger partial charge on any atom is -0.352 e. The van der Waals surface area contributed by atoms with E-state index in [1.165, 1.54) is 0 Å². The maximum atomic E-state index is 12.5. The first-order valence-corrected chi connectivity index (χ1v) is 9.19. The highest BCUT2D eigenvalue weighted by molar-refractivity contribution is 6.07. The molecule has 1 aliphatic carbocycles. The van der Waals surface area contributed by atoms with Crippen LogP contribution in [0.2, 0.25) is 0 Å². The highest BCUT2D eigenvalue weighted by atomic mass is 16.2. The number of hydrogen-bond donors (Lipinski definition) is 1. The van der Waals surface area contributed by atoms with Gasteiger partial charge >= 0.3 is 0 Å². The van der Waals surface area contributed by atoms with Crippen molar-refractivity contribution in [3.8, 4) is 0 Å². The summed E-state index contributed by atoms with van der Waals surface area (Å²) in [5.74, 6) is 0.782. The van der Waals surface area contributed by atoms with E-state index in [0.717, 1.165) is 55.6 Å². The van der Waals surface area contributed by atoms with Gasteiger partial charge in [-0.1, -0.05) is 24.3 Å². The summed E-state index contributed by atoms with van der Waals surface area (Å²) >= 11 is 0. The van der Waals surface area contributed by atoms with Gasteiger partial charge in [-0.05, 0) is 26.7 Å². The Morgan fingerprint density at radius 3 is 2.40 bits per heavy atom. The lowest BCUT2D eigenvalue weighted by Gasteiger charge is -2.37. The fraction of sp³-hybridized carbons (Fsp3) is 0.526. The first-order chi connectivity index (χ1) is 12.1. The molecule has 2 aromatic rings. The Kier molecular flexibility index (Phi) is 4.29. The van der Waals surface area contributed by atoms with Crippen LogP contribution in [0.5, 0.6) is 0 Å². The molecule has 1 saturated carbocycles. The smallest absolute Gasteiger partial charge is 0.272 e. The average Bonchev–Trinajstić information content (AvgIpc) is 3.44. The van der Waals surface area contributed by atoms with Crippen molar-refractivity contribution in [2.75, 3.05) is 31.1 Å². The summed E-state index contributed by atoms with van der Waals surface area (Å²) in [6, 6.07) is 8.86. The third kappa shape index (κ3) is 3.31. The van der Waals surface area contributed by atoms with E-state index < -0.39 is 0 Å². The fourth-order valence-corrected chi connectivity index (χ4v) is 3.42. The van der Waals surface area contributed by atoms with Gasteiger partial charge in [-0.15, -0.1) is 10.2 Å². The topological polar surface area (TPSA) is 61.4 Å². The Labute approximate surface area is 148 Å². The van der Waals surface area contributed by atoms with Crippen molar-refractivity contribution in [2.45, 2.75) is 38.8 Å². The first kappa shape index (κ1) is 16.3. The molecular weight excluding hydrogens is 314 g/mol. The van der Waals surface area contributed by atoms with Crippen molar-refractivity contribution in [1.29, 1.82) is 0 Å². The fourth-order valence-electron chi connectivity index (χ4n) is 3.42. The zero-order valence-corrected chi connectivity index (χ0v) is 14.9. The van der Waals surface area contributed by atoms with Crippen molar-refractivity contribution in [3.63, 3.8) is 0 Å². The molecule has 0 radical (unpaired) electrons. The van der Waals surface area contributed by atoms with Gasteiger partial charge in [0.2, 0.25) is 0 Å². The molecule has 0 unspecified atom stereocenters. The Hall–Kier alpha value is -2.21. The van der Waals surface area contributed by atoms with E-state index in [0.29, 0.717) is 17.8 Å². The molecule has 6 nitrogen and oxygen atoms in total. The summed E-state index contributed by atoms with van der Waals surface area (Å²) in [6.45, 7) is 8.39. The van der Waals surface area contributed by atoms with Gasteiger partial charge in [0, 0.05) is 49.0 Å². The number of carbonyl (C=O) groups excluding carboxylic acids is 1. The number of amides is 1. The van der Waals surface area contributed by atoms with Gasteiger partial charge < -0.3 is 10.2 Å². The van der Waals surface area contributed by atoms with E-state index in [1.54, 1.807) is 0 Å². The number of nitrogens with one attached hydrogen (secondary N) is 1. The number of nitrogens with zero attached hydrogens (tertiary/aromatic N) is 4. The lowest BCUT2D eigenvalue weighted by Crippen LogP contribution is -2.49. The first-order valence-electron chi connectivity index (χ1n) is 9.19. The molecule has 6 heteroatoms. The zero-order valence-electron chi connectivity index (χ0n) is 14.9. The maximum absolute atomic E-state index is 12.5. The summed E-state index contributed by atoms with van der Waals surface area (Å²) in [6.07, 6.45) is 2.13. The number of hydrogen-bond acceptors (Lipinski definition) is 5. The SMILES string of the molecule is CC(C)N1CCN(c2nnc(C(=O)NC3CC3)c3ccccc23)CC1. The molecule has 2 fully saturated rings. The van der Waals surface area contributed by atoms with E-state index in [1.807, 2.05) is 24.3 Å². The quantitative estimate of drug-likeness (QED) is 0.924. The molecule has 1 amide bonds. The van der Waals surface area contributed by atoms with Crippen LogP contribution >= 0.6 is 0 Å². The molecule has 1 N–H and O–H groups in total. The molecule has 0 spiro atoms. The summed E-state index contributed by atoms with van der Waals surface area (Å²) < 4.78 is 0. The molecule has 2 aliphatic rings. The molecule has 1 aromatic heterocycles. The van der Waals surface area contributed by atoms with E-state index in [-0.39, 0.29) is 5.91 Å². The predicted molar refractivity (Wildman–Crippen MR) is 98.9 cm³/mol. The van der Waals surface area contributed by atoms with Crippen LogP contribution in [0.25, 0.3) is 10.8 Å². The molecule has 25 heavy (non-hydrogen) atoms. The highest BCUT2D eigenvalue weighted by Crippen LogP contribution is 2.27. The van der Waals surface area contributed by atoms with Gasteiger partial charge in [0.25, 0.3) is 5.91 Å². The van der Waals surface area contributed by atoms with Crippen LogP contribution < -0.4 is 10.2 Å². The molecule has 4 rings (SSSR count). The molecule has 2 heterocycles. The van der Waals surface area contributed by atoms with Gasteiger partial charge in [0.05, 0.1) is 0 Å². The van der Waals surface area contributed by atoms with E-state index >= 15 is 0 Å². The molecule has 132 valence electrons. The Bertz CT molecular complexity index is 778. The largest absolute Gasteiger partial charge is 0.352 e. The second-order valence-corrected chi connectivity index (χ2v) is 7.28. The summed E-state index contributed by atoms with van der Waals surface area (Å²) in [4.78, 5) is 17.2. The van der Waals surface area contributed by atoms with E-state index in [9.17, 15) is 4.79 Å². The number of piperazine rings is 1. The zero-order chi connectivity index (χ0) is 17.4. The van der Waals surface area contributed by atoms with Crippen molar-refractivity contribution in [1.82, 2.24) is 20.4 Å². The van der Waals surface area contributed by atoms with Crippen LogP contribution in [0.3, 0.4) is 0 Å². The number of carbonyl (C=O) groups is 1. The van der Waals surface area contributed by atoms with Gasteiger partial charge in [-0.25, -0.2) is 0 Å². The molecular formula is C19H25N5O. The third-order valence-corrected chi connectivity index (χ3v) is 5.14. The second kappa shape index (κ2) is 6.59. The average molecular weight is 339 g/mol. The van der Waals surface area contributed by atoms with Gasteiger partial charge in [0.1, 0.15) is 0 Å². The van der Waals surface area contributed by atoms with Crippen LogP contribution in [0.1, 0.15) is 37.2 Å². The van der Waals surface area contributed by atoms with E-state index in [4.69, 9.17) is 0 Å². The van der Waals surface area contributed by atoms with Gasteiger partial charge in [-0.2, -0.15) is 0 Å². The minimum absolute atomic E-state index is 0.109. The van der Waals surface area contributed by atoms with Crippen molar-refractivity contribution in [3.05, 3.63) is 30.0 Å².